The largest absolute Gasteiger partial charge is 0.462 e. The number of ether oxygens (including phenoxy) is 3. The quantitative estimate of drug-likeness (QED) is 0.0707. The van der Waals surface area contributed by atoms with Crippen LogP contribution < -0.4 is 4.72 Å². The van der Waals surface area contributed by atoms with Crippen LogP contribution in [0.2, 0.25) is 0 Å². The van der Waals surface area contributed by atoms with E-state index in [9.17, 15) is 55.3 Å². The summed E-state index contributed by atoms with van der Waals surface area (Å²) in [5, 5.41) is 9.29. The fraction of sp³-hybridized carbons (Fsp3) is 0.883. The Morgan fingerprint density at radius 3 is 1.33 bits per heavy atom. The summed E-state index contributed by atoms with van der Waals surface area (Å²) in [6, 6.07) is -0.569. The highest BCUT2D eigenvalue weighted by molar-refractivity contribution is 7.86. The molecule has 0 amide bonds. The molecule has 99 heavy (non-hydrogen) atoms. The first-order valence-corrected chi connectivity index (χ1v) is 39.0. The zero-order valence-corrected chi connectivity index (χ0v) is 63.1. The Labute approximate surface area is 597 Å². The van der Waals surface area contributed by atoms with Gasteiger partial charge in [-0.25, -0.2) is 4.79 Å². The van der Waals surface area contributed by atoms with Gasteiger partial charge in [-0.3, -0.25) is 32.7 Å². The van der Waals surface area contributed by atoms with E-state index in [2.05, 4.69) is 94.7 Å². The van der Waals surface area contributed by atoms with Gasteiger partial charge < -0.3 is 33.7 Å². The van der Waals surface area contributed by atoms with Crippen molar-refractivity contribution in [3.05, 3.63) is 0 Å². The maximum atomic E-state index is 13.6. The van der Waals surface area contributed by atoms with E-state index < -0.39 is 79.0 Å². The van der Waals surface area contributed by atoms with Crippen LogP contribution >= 0.6 is 0 Å². The lowest BCUT2D eigenvalue weighted by atomic mass is 9.38. The molecular formula is C77H135NO19S2. The zero-order valence-electron chi connectivity index (χ0n) is 61.5. The molecule has 3 N–H and O–H groups in total. The lowest BCUT2D eigenvalue weighted by molar-refractivity contribution is -0.224. The number of rotatable bonds is 12. The molecule has 0 aromatic carbocycles. The monoisotopic (exact) mass is 1440 g/mol. The fourth-order valence-electron chi connectivity index (χ4n) is 22.9. The number of hydrogen-bond acceptors (Lipinski definition) is 18. The Hall–Kier alpha value is -3.83. The number of esters is 3. The van der Waals surface area contributed by atoms with Gasteiger partial charge in [-0.05, 0) is 164 Å². The van der Waals surface area contributed by atoms with Crippen molar-refractivity contribution >= 4 is 76.0 Å². The van der Waals surface area contributed by atoms with E-state index in [-0.39, 0.29) is 138 Å². The molecule has 11 unspecified atom stereocenters. The predicted molar refractivity (Wildman–Crippen MR) is 385 cm³/mol. The number of hydrogen-bond donors (Lipinski definition) is 3. The highest BCUT2D eigenvalue weighted by atomic mass is 32.2. The number of carbonyl (C=O) groups excluding carboxylic acids is 9. The molecule has 20 nitrogen and oxygen atoms in total. The molecule has 1 aliphatic heterocycles. The number of nitrogens with one attached hydrogen (secondary N) is 1. The van der Waals surface area contributed by atoms with Crippen molar-refractivity contribution in [3.8, 4) is 0 Å². The minimum Gasteiger partial charge on any atom is -0.462 e. The summed E-state index contributed by atoms with van der Waals surface area (Å²) in [6.07, 6.45) is 15.2. The summed E-state index contributed by atoms with van der Waals surface area (Å²) in [7, 11) is -8.02. The number of Topliss-reactive ketones (excluding diaryl/α,β-unsaturated/α-hetero) is 3. The van der Waals surface area contributed by atoms with Gasteiger partial charge in [0.15, 0.2) is 0 Å². The normalized spacial score (nSPS) is 43.4. The molecule has 574 valence electrons. The van der Waals surface area contributed by atoms with Gasteiger partial charge in [0.2, 0.25) is 0 Å². The highest BCUT2D eigenvalue weighted by Crippen LogP contribution is 2.74. The van der Waals surface area contributed by atoms with Gasteiger partial charge >= 0.3 is 28.2 Å². The summed E-state index contributed by atoms with van der Waals surface area (Å²) < 4.78 is 85.2. The average Bonchev–Trinajstić information content (AvgIpc) is 1.67. The van der Waals surface area contributed by atoms with E-state index in [1.54, 1.807) is 13.8 Å². The number of aliphatic hydroxyl groups is 1. The molecule has 0 aromatic rings. The number of fused-ring (bicyclic) bond motifs is 2. The molecule has 10 aliphatic rings. The smallest absolute Gasteiger partial charge is 0.333 e. The summed E-state index contributed by atoms with van der Waals surface area (Å²) >= 11 is 0. The lowest BCUT2D eigenvalue weighted by Crippen LogP contribution is -2.70. The third kappa shape index (κ3) is 16.4. The molecular weight excluding hydrogens is 1310 g/mol. The van der Waals surface area contributed by atoms with Crippen molar-refractivity contribution in [2.24, 2.45) is 101 Å². The van der Waals surface area contributed by atoms with Crippen LogP contribution in [-0.4, -0.2) is 125 Å². The van der Waals surface area contributed by atoms with Crippen LogP contribution in [0, 0.1) is 101 Å². The number of ketones is 3. The zero-order chi connectivity index (χ0) is 73.2. The van der Waals surface area contributed by atoms with Crippen LogP contribution in [0.15, 0.2) is 0 Å². The first-order valence-electron chi connectivity index (χ1n) is 36.0. The second-order valence-corrected chi connectivity index (χ2v) is 36.1. The van der Waals surface area contributed by atoms with Crippen molar-refractivity contribution < 1.29 is 88.0 Å². The SMILES string of the molecule is C.C.C.C=O.C=O.C=O.CCC(=O)O[C@@H]1C[C@@](C)(CC)C[C@H](C)[C@]23CCC(=O)C2C1(C)C(C)(CC)C(NS(=O)(=O)O)C3.CCC(=O)O[C@@H]1C[C@@](C)(CC)C[C@H](C)[C@]23CCC(=O)C2C1(C)C1CCS(=O)(=O)OC1C3.CC[C@]1(C)C[C@@H](OC(=O)CO)C2(C)C(C)CC[C@]3(CCC(=O)C23)[C@@H](C)C1. The molecule has 22 heteroatoms. The minimum atomic E-state index is -4.46. The first kappa shape index (κ1) is 91.3. The standard InChI is InChI=1S/C25H43NO6S.C24H38O6S.C22H36O4.3CH2O.3CH4/c1-8-20(28)32-19-15-22(5,9-2)13-16(4)25-12-11-17(27)21(25)24(19,7)23(6,10-3)18(14-25)26-33(29,30)31;1-6-20(26)29-19-14-22(4,7-2)12-15(3)24-10-8-17(25)21(24)23(19,5)16-9-11-31(27,28)30-18(16)13-24;1-6-20(4)11-15(3)22-9-7-14(2)21(5,19(22)16(24)8-10-22)17(12-20)26-18(25)13-23;3*1-2;;;/h16,18-19,21,26H,8-15H2,1-7H3,(H,29,30,31);15-16,18-19,21H,6-14H2,1-5H3;14-15,17,19,23H,6-13H2,1-5H3;3*1H2;3*1H4/t16-,18?,19+,21?,22-,23?,24?,25+;15-,16?,18?,19+,21?,22-,23?,24+;14?,15-,17+,19?,20-,21?,22-;;;;;;/m000....../s1. The molecule has 1 saturated heterocycles. The second-order valence-electron chi connectivity index (χ2n) is 33.2. The van der Waals surface area contributed by atoms with Crippen LogP contribution in [0.3, 0.4) is 0 Å². The third-order valence-corrected chi connectivity index (χ3v) is 30.9. The van der Waals surface area contributed by atoms with Gasteiger partial charge in [-0.1, -0.05) is 159 Å². The highest BCUT2D eigenvalue weighted by Gasteiger charge is 2.75. The molecule has 6 bridgehead atoms. The molecule has 23 atom stereocenters. The van der Waals surface area contributed by atoms with E-state index in [1.165, 1.54) is 0 Å². The van der Waals surface area contributed by atoms with Crippen LogP contribution in [0.5, 0.6) is 0 Å². The summed E-state index contributed by atoms with van der Waals surface area (Å²) in [4.78, 5) is 101. The second kappa shape index (κ2) is 34.0. The molecule has 1 heterocycles. The average molecular weight is 1440 g/mol. The van der Waals surface area contributed by atoms with E-state index >= 15 is 0 Å². The Balaban J connectivity index is 0.000000482. The van der Waals surface area contributed by atoms with Crippen molar-refractivity contribution in [1.29, 1.82) is 0 Å². The molecule has 10 rings (SSSR count). The van der Waals surface area contributed by atoms with Crippen molar-refractivity contribution in [2.45, 2.75) is 318 Å². The van der Waals surface area contributed by atoms with Gasteiger partial charge in [0.1, 0.15) is 62.6 Å². The maximum Gasteiger partial charge on any atom is 0.333 e. The van der Waals surface area contributed by atoms with Crippen molar-refractivity contribution in [1.82, 2.24) is 4.72 Å². The number of aliphatic hydroxyl groups excluding tert-OH is 1. The van der Waals surface area contributed by atoms with E-state index in [4.69, 9.17) is 32.8 Å². The third-order valence-electron chi connectivity index (χ3n) is 29.1. The fourth-order valence-corrected chi connectivity index (χ4v) is 24.8. The van der Waals surface area contributed by atoms with Gasteiger partial charge in [-0.2, -0.15) is 21.6 Å². The lowest BCUT2D eigenvalue weighted by Gasteiger charge is -2.67. The predicted octanol–water partition coefficient (Wildman–Crippen LogP) is 14.5. The van der Waals surface area contributed by atoms with Crippen LogP contribution in [-0.2, 0) is 82.0 Å². The van der Waals surface area contributed by atoms with Crippen LogP contribution in [0.1, 0.15) is 288 Å². The molecule has 9 saturated carbocycles. The Kier molecular flexibility index (Phi) is 31.3. The Morgan fingerprint density at radius 1 is 0.525 bits per heavy atom. The molecule has 10 fully saturated rings. The van der Waals surface area contributed by atoms with Crippen LogP contribution in [0.4, 0.5) is 0 Å². The van der Waals surface area contributed by atoms with Gasteiger partial charge in [0.05, 0.1) is 11.9 Å². The molecule has 0 aromatic heterocycles. The van der Waals surface area contributed by atoms with Gasteiger partial charge in [0, 0.05) is 72.1 Å². The van der Waals surface area contributed by atoms with Gasteiger partial charge in [0.25, 0.3) is 10.1 Å². The van der Waals surface area contributed by atoms with E-state index in [1.807, 2.05) is 34.2 Å². The van der Waals surface area contributed by atoms with Crippen molar-refractivity contribution in [2.75, 3.05) is 12.4 Å². The molecule has 0 spiro atoms. The Bertz CT molecular complexity index is 3030. The first-order chi connectivity index (χ1) is 44.7. The van der Waals surface area contributed by atoms with E-state index in [0.717, 1.165) is 70.6 Å². The van der Waals surface area contributed by atoms with Crippen molar-refractivity contribution in [3.63, 3.8) is 0 Å². The Morgan fingerprint density at radius 2 is 0.909 bits per heavy atom. The summed E-state index contributed by atoms with van der Waals surface area (Å²) in [5.41, 5.74) is -3.10. The topological polar surface area (TPSA) is 311 Å². The van der Waals surface area contributed by atoms with E-state index in [0.29, 0.717) is 81.8 Å². The number of carbonyl (C=O) groups is 9. The maximum absolute atomic E-state index is 13.6. The molecule has 9 aliphatic carbocycles. The summed E-state index contributed by atoms with van der Waals surface area (Å²) in [6.45, 7) is 41.8. The summed E-state index contributed by atoms with van der Waals surface area (Å²) in [5.74, 6) is 0.315. The van der Waals surface area contributed by atoms with Crippen LogP contribution in [0.25, 0.3) is 0 Å². The van der Waals surface area contributed by atoms with Gasteiger partial charge in [-0.15, -0.1) is 0 Å². The molecule has 0 radical (unpaired) electrons. The minimum absolute atomic E-state index is 0.